The van der Waals surface area contributed by atoms with Gasteiger partial charge in [-0.25, -0.2) is 4.39 Å². The highest BCUT2D eigenvalue weighted by Crippen LogP contribution is 2.24. The maximum absolute atomic E-state index is 13.5. The van der Waals surface area contributed by atoms with E-state index in [1.54, 1.807) is 19.1 Å². The van der Waals surface area contributed by atoms with E-state index in [0.717, 1.165) is 10.0 Å². The Morgan fingerprint density at radius 1 is 1.21 bits per heavy atom. The zero-order valence-corrected chi connectivity index (χ0v) is 12.2. The Labute approximate surface area is 120 Å². The third-order valence-corrected chi connectivity index (χ3v) is 3.41. The number of aryl methyl sites for hydroxylation is 1. The number of hydrogen-bond donors (Lipinski definition) is 1. The van der Waals surface area contributed by atoms with Gasteiger partial charge in [0.05, 0.1) is 0 Å². The molecule has 2 N–H and O–H groups in total. The fraction of sp³-hybridized carbons (Fsp3) is 0.200. The third kappa shape index (κ3) is 3.55. The first-order chi connectivity index (χ1) is 9.10. The lowest BCUT2D eigenvalue weighted by molar-refractivity contribution is 0.213. The summed E-state index contributed by atoms with van der Waals surface area (Å²) < 4.78 is 20.2. The van der Waals surface area contributed by atoms with E-state index in [4.69, 9.17) is 10.5 Å². The fourth-order valence-electron chi connectivity index (χ4n) is 1.74. The summed E-state index contributed by atoms with van der Waals surface area (Å²) in [4.78, 5) is 0. The maximum Gasteiger partial charge on any atom is 0.136 e. The van der Waals surface area contributed by atoms with Crippen LogP contribution >= 0.6 is 15.9 Å². The molecule has 0 fully saturated rings. The largest absolute Gasteiger partial charge is 0.484 e. The van der Waals surface area contributed by atoms with E-state index in [1.807, 2.05) is 24.3 Å². The van der Waals surface area contributed by atoms with E-state index in [9.17, 15) is 4.39 Å². The van der Waals surface area contributed by atoms with Gasteiger partial charge in [0.25, 0.3) is 0 Å². The van der Waals surface area contributed by atoms with Crippen molar-refractivity contribution in [1.29, 1.82) is 0 Å². The smallest absolute Gasteiger partial charge is 0.136 e. The van der Waals surface area contributed by atoms with Crippen molar-refractivity contribution in [3.05, 3.63) is 63.9 Å². The molecule has 0 aliphatic rings. The van der Waals surface area contributed by atoms with Gasteiger partial charge >= 0.3 is 0 Å². The summed E-state index contributed by atoms with van der Waals surface area (Å²) in [6.45, 7) is 2.05. The predicted molar refractivity (Wildman–Crippen MR) is 77.7 cm³/mol. The first kappa shape index (κ1) is 14.0. The van der Waals surface area contributed by atoms with E-state index < -0.39 is 0 Å². The van der Waals surface area contributed by atoms with Gasteiger partial charge in [0.2, 0.25) is 0 Å². The quantitative estimate of drug-likeness (QED) is 0.923. The van der Waals surface area contributed by atoms with Crippen molar-refractivity contribution in [2.75, 3.05) is 6.54 Å². The second-order valence-corrected chi connectivity index (χ2v) is 5.22. The van der Waals surface area contributed by atoms with E-state index in [0.29, 0.717) is 17.9 Å². The Morgan fingerprint density at radius 2 is 1.89 bits per heavy atom. The van der Waals surface area contributed by atoms with Crippen LogP contribution in [-0.2, 0) is 0 Å². The van der Waals surface area contributed by atoms with Gasteiger partial charge in [-0.2, -0.15) is 0 Å². The third-order valence-electron chi connectivity index (χ3n) is 2.88. The van der Waals surface area contributed by atoms with Gasteiger partial charge in [-0.1, -0.05) is 34.1 Å². The Bertz CT molecular complexity index is 557. The molecule has 0 spiro atoms. The molecule has 2 aromatic carbocycles. The van der Waals surface area contributed by atoms with Crippen LogP contribution < -0.4 is 10.5 Å². The zero-order valence-electron chi connectivity index (χ0n) is 10.6. The minimum absolute atomic E-state index is 0.274. The number of ether oxygens (including phenoxy) is 1. The van der Waals surface area contributed by atoms with Gasteiger partial charge in [-0.05, 0) is 36.2 Å². The van der Waals surface area contributed by atoms with Crippen molar-refractivity contribution in [3.8, 4) is 5.75 Å². The van der Waals surface area contributed by atoms with E-state index >= 15 is 0 Å². The van der Waals surface area contributed by atoms with Crippen LogP contribution in [0.1, 0.15) is 17.2 Å². The summed E-state index contributed by atoms with van der Waals surface area (Å²) in [6, 6.07) is 12.6. The second-order valence-electron chi connectivity index (χ2n) is 4.30. The normalized spacial score (nSPS) is 12.2. The lowest BCUT2D eigenvalue weighted by atomic mass is 10.1. The van der Waals surface area contributed by atoms with E-state index in [1.165, 1.54) is 6.07 Å². The highest BCUT2D eigenvalue weighted by Gasteiger charge is 2.12. The van der Waals surface area contributed by atoms with Crippen molar-refractivity contribution in [2.45, 2.75) is 13.0 Å². The van der Waals surface area contributed by atoms with Crippen LogP contribution in [0.25, 0.3) is 0 Å². The molecule has 0 aromatic heterocycles. The maximum atomic E-state index is 13.5. The molecule has 2 aromatic rings. The summed E-state index contributed by atoms with van der Waals surface area (Å²) in [5.41, 5.74) is 7.29. The number of rotatable bonds is 4. The molecule has 0 radical (unpaired) electrons. The minimum atomic E-state index is -0.282. The number of benzene rings is 2. The molecule has 2 nitrogen and oxygen atoms in total. The Morgan fingerprint density at radius 3 is 2.47 bits per heavy atom. The topological polar surface area (TPSA) is 35.2 Å². The molecular weight excluding hydrogens is 309 g/mol. The summed E-state index contributed by atoms with van der Waals surface area (Å²) in [5.74, 6) is 0.213. The van der Waals surface area contributed by atoms with Crippen molar-refractivity contribution < 1.29 is 9.13 Å². The van der Waals surface area contributed by atoms with Crippen molar-refractivity contribution in [2.24, 2.45) is 5.73 Å². The molecule has 0 saturated heterocycles. The summed E-state index contributed by atoms with van der Waals surface area (Å²) in [7, 11) is 0. The monoisotopic (exact) mass is 323 g/mol. The molecule has 0 bridgehead atoms. The Balaban J connectivity index is 2.18. The van der Waals surface area contributed by atoms with Crippen LogP contribution in [0.3, 0.4) is 0 Å². The molecule has 0 aliphatic carbocycles. The number of hydrogen-bond acceptors (Lipinski definition) is 2. The van der Waals surface area contributed by atoms with Crippen molar-refractivity contribution >= 4 is 15.9 Å². The van der Waals surface area contributed by atoms with Gasteiger partial charge in [0.15, 0.2) is 0 Å². The molecule has 4 heteroatoms. The first-order valence-electron chi connectivity index (χ1n) is 5.98. The lowest BCUT2D eigenvalue weighted by Gasteiger charge is -2.18. The molecular formula is C15H15BrFNO. The molecule has 2 rings (SSSR count). The van der Waals surface area contributed by atoms with Crippen LogP contribution in [-0.4, -0.2) is 6.54 Å². The molecule has 1 unspecified atom stereocenters. The first-order valence-corrected chi connectivity index (χ1v) is 6.78. The average Bonchev–Trinajstić information content (AvgIpc) is 2.41. The van der Waals surface area contributed by atoms with Gasteiger partial charge in [0, 0.05) is 17.1 Å². The van der Waals surface area contributed by atoms with Crippen LogP contribution in [0.5, 0.6) is 5.75 Å². The lowest BCUT2D eigenvalue weighted by Crippen LogP contribution is -2.18. The molecule has 0 heterocycles. The molecule has 1 atom stereocenters. The highest BCUT2D eigenvalue weighted by molar-refractivity contribution is 9.10. The summed E-state index contributed by atoms with van der Waals surface area (Å²) in [6.07, 6.45) is -0.282. The SMILES string of the molecule is Cc1ccc(OC(CN)c2ccc(Br)cc2)cc1F. The van der Waals surface area contributed by atoms with Crippen molar-refractivity contribution in [1.82, 2.24) is 0 Å². The van der Waals surface area contributed by atoms with Gasteiger partial charge in [-0.15, -0.1) is 0 Å². The standard InChI is InChI=1S/C15H15BrFNO/c1-10-2-7-13(8-14(10)17)19-15(9-18)11-3-5-12(16)6-4-11/h2-8,15H,9,18H2,1H3. The van der Waals surface area contributed by atoms with Gasteiger partial charge in [0.1, 0.15) is 17.7 Å². The van der Waals surface area contributed by atoms with Crippen LogP contribution in [0.15, 0.2) is 46.9 Å². The molecule has 0 amide bonds. The van der Waals surface area contributed by atoms with Crippen molar-refractivity contribution in [3.63, 3.8) is 0 Å². The molecule has 0 aliphatic heterocycles. The minimum Gasteiger partial charge on any atom is -0.484 e. The highest BCUT2D eigenvalue weighted by atomic mass is 79.9. The molecule has 19 heavy (non-hydrogen) atoms. The fourth-order valence-corrected chi connectivity index (χ4v) is 2.01. The average molecular weight is 324 g/mol. The molecule has 0 saturated carbocycles. The van der Waals surface area contributed by atoms with Gasteiger partial charge in [-0.3, -0.25) is 0 Å². The van der Waals surface area contributed by atoms with E-state index in [2.05, 4.69) is 15.9 Å². The van der Waals surface area contributed by atoms with Gasteiger partial charge < -0.3 is 10.5 Å². The predicted octanol–water partition coefficient (Wildman–Crippen LogP) is 3.98. The van der Waals surface area contributed by atoms with Crippen LogP contribution in [0, 0.1) is 12.7 Å². The van der Waals surface area contributed by atoms with Crippen LogP contribution in [0.2, 0.25) is 0 Å². The Kier molecular flexibility index (Phi) is 4.56. The van der Waals surface area contributed by atoms with Crippen LogP contribution in [0.4, 0.5) is 4.39 Å². The Hall–Kier alpha value is -1.39. The number of halogens is 2. The summed E-state index contributed by atoms with van der Waals surface area (Å²) in [5, 5.41) is 0. The molecule has 100 valence electrons. The second kappa shape index (κ2) is 6.17. The van der Waals surface area contributed by atoms with E-state index in [-0.39, 0.29) is 11.9 Å². The summed E-state index contributed by atoms with van der Waals surface area (Å²) >= 11 is 3.38. The zero-order chi connectivity index (χ0) is 13.8. The number of nitrogens with two attached hydrogens (primary N) is 1.